The average molecular weight is 306 g/mol. The Kier molecular flexibility index (Phi) is 4.40. The number of nitrogens with zero attached hydrogens (tertiary/aromatic N) is 4. The van der Waals surface area contributed by atoms with Crippen LogP contribution in [0.2, 0.25) is 0 Å². The second-order valence-electron chi connectivity index (χ2n) is 6.26. The van der Waals surface area contributed by atoms with E-state index in [9.17, 15) is 9.59 Å². The highest BCUT2D eigenvalue weighted by Gasteiger charge is 2.36. The Morgan fingerprint density at radius 3 is 2.86 bits per heavy atom. The van der Waals surface area contributed by atoms with E-state index in [4.69, 9.17) is 0 Å². The highest BCUT2D eigenvalue weighted by molar-refractivity contribution is 5.83. The Morgan fingerprint density at radius 1 is 1.41 bits per heavy atom. The molecule has 2 fully saturated rings. The molecule has 1 aliphatic carbocycles. The number of hydrogen-bond donors (Lipinski definition) is 0. The zero-order chi connectivity index (χ0) is 15.5. The van der Waals surface area contributed by atoms with Gasteiger partial charge in [0.15, 0.2) is 5.82 Å². The lowest BCUT2D eigenvalue weighted by Crippen LogP contribution is -2.49. The van der Waals surface area contributed by atoms with Gasteiger partial charge in [-0.2, -0.15) is 4.98 Å². The first kappa shape index (κ1) is 15.0. The largest absolute Gasteiger partial charge is 0.343 e. The molecule has 120 valence electrons. The van der Waals surface area contributed by atoms with Gasteiger partial charge in [0.1, 0.15) is 0 Å². The number of likely N-dealkylation sites (tertiary alicyclic amines) is 1. The molecule has 2 heterocycles. The van der Waals surface area contributed by atoms with Crippen LogP contribution in [0.5, 0.6) is 0 Å². The number of carbonyl (C=O) groups excluding carboxylic acids is 2. The quantitative estimate of drug-likeness (QED) is 0.835. The number of piperidine rings is 1. The molecular formula is C15H22N4O3. The van der Waals surface area contributed by atoms with Crippen molar-refractivity contribution in [2.24, 2.45) is 5.92 Å². The van der Waals surface area contributed by atoms with Crippen molar-refractivity contribution < 1.29 is 14.1 Å². The molecule has 1 aromatic rings. The first-order valence-electron chi connectivity index (χ1n) is 7.95. The molecule has 2 aliphatic rings. The Hall–Kier alpha value is -1.92. The first-order chi connectivity index (χ1) is 10.6. The van der Waals surface area contributed by atoms with Gasteiger partial charge in [0.25, 0.3) is 0 Å². The van der Waals surface area contributed by atoms with E-state index in [0.29, 0.717) is 37.8 Å². The maximum Gasteiger partial charge on any atom is 0.227 e. The molecule has 1 saturated carbocycles. The molecule has 7 nitrogen and oxygen atoms in total. The number of carbonyl (C=O) groups is 2. The van der Waals surface area contributed by atoms with Crippen LogP contribution in [-0.4, -0.2) is 51.4 Å². The summed E-state index contributed by atoms with van der Waals surface area (Å²) in [5.41, 5.74) is 0. The van der Waals surface area contributed by atoms with Crippen molar-refractivity contribution in [2.45, 2.75) is 51.1 Å². The monoisotopic (exact) mass is 306 g/mol. The normalized spacial score (nSPS) is 23.0. The predicted octanol–water partition coefficient (Wildman–Crippen LogP) is 1.21. The van der Waals surface area contributed by atoms with Crippen LogP contribution in [0.4, 0.5) is 0 Å². The lowest BCUT2D eigenvalue weighted by Gasteiger charge is -2.37. The fourth-order valence-corrected chi connectivity index (χ4v) is 3.51. The summed E-state index contributed by atoms with van der Waals surface area (Å²) in [6, 6.07) is 0.339. The summed E-state index contributed by atoms with van der Waals surface area (Å²) in [6.07, 6.45) is 6.89. The van der Waals surface area contributed by atoms with Gasteiger partial charge in [-0.3, -0.25) is 9.59 Å². The molecule has 22 heavy (non-hydrogen) atoms. The predicted molar refractivity (Wildman–Crippen MR) is 77.5 cm³/mol. The third-order valence-corrected chi connectivity index (χ3v) is 4.72. The number of rotatable bonds is 4. The minimum atomic E-state index is -0.116. The van der Waals surface area contributed by atoms with Crippen LogP contribution in [0.1, 0.15) is 44.3 Å². The van der Waals surface area contributed by atoms with Crippen LogP contribution < -0.4 is 0 Å². The Bertz CT molecular complexity index is 525. The Labute approximate surface area is 129 Å². The molecule has 0 radical (unpaired) electrons. The van der Waals surface area contributed by atoms with E-state index in [1.54, 1.807) is 11.9 Å². The molecule has 1 atom stereocenters. The van der Waals surface area contributed by atoms with Crippen LogP contribution in [0.3, 0.4) is 0 Å². The molecule has 0 aromatic carbocycles. The zero-order valence-electron chi connectivity index (χ0n) is 12.9. The van der Waals surface area contributed by atoms with Gasteiger partial charge >= 0.3 is 0 Å². The van der Waals surface area contributed by atoms with Crippen molar-refractivity contribution in [3.05, 3.63) is 12.2 Å². The summed E-state index contributed by atoms with van der Waals surface area (Å²) in [5, 5.41) is 3.73. The molecule has 1 saturated heterocycles. The van der Waals surface area contributed by atoms with Gasteiger partial charge in [0, 0.05) is 26.1 Å². The molecule has 0 spiro atoms. The third kappa shape index (κ3) is 3.13. The van der Waals surface area contributed by atoms with E-state index in [2.05, 4.69) is 14.7 Å². The summed E-state index contributed by atoms with van der Waals surface area (Å²) in [5.74, 6) is 0.641. The number of aromatic nitrogens is 2. The van der Waals surface area contributed by atoms with Crippen LogP contribution in [0.15, 0.2) is 10.9 Å². The van der Waals surface area contributed by atoms with Gasteiger partial charge in [0.05, 0.1) is 12.5 Å². The van der Waals surface area contributed by atoms with Crippen molar-refractivity contribution >= 4 is 11.8 Å². The maximum atomic E-state index is 12.6. The topological polar surface area (TPSA) is 79.5 Å². The molecule has 0 bridgehead atoms. The number of amides is 2. The van der Waals surface area contributed by atoms with E-state index < -0.39 is 0 Å². The van der Waals surface area contributed by atoms with Crippen molar-refractivity contribution in [1.29, 1.82) is 0 Å². The minimum Gasteiger partial charge on any atom is -0.343 e. The van der Waals surface area contributed by atoms with Gasteiger partial charge in [-0.05, 0) is 19.3 Å². The van der Waals surface area contributed by atoms with E-state index in [1.807, 2.05) is 4.90 Å². The van der Waals surface area contributed by atoms with Crippen LogP contribution in [0, 0.1) is 5.92 Å². The summed E-state index contributed by atoms with van der Waals surface area (Å²) in [7, 11) is 1.75. The molecule has 7 heteroatoms. The van der Waals surface area contributed by atoms with Crippen molar-refractivity contribution in [2.75, 3.05) is 13.6 Å². The smallest absolute Gasteiger partial charge is 0.227 e. The average Bonchev–Trinajstić information content (AvgIpc) is 3.20. The molecule has 2 amide bonds. The molecule has 1 aromatic heterocycles. The summed E-state index contributed by atoms with van der Waals surface area (Å²) in [4.78, 5) is 32.2. The fourth-order valence-electron chi connectivity index (χ4n) is 3.51. The second-order valence-corrected chi connectivity index (χ2v) is 6.26. The van der Waals surface area contributed by atoms with E-state index in [-0.39, 0.29) is 17.7 Å². The third-order valence-electron chi connectivity index (χ3n) is 4.72. The van der Waals surface area contributed by atoms with Crippen LogP contribution in [-0.2, 0) is 16.1 Å². The molecular weight excluding hydrogens is 284 g/mol. The van der Waals surface area contributed by atoms with Gasteiger partial charge in [0.2, 0.25) is 18.2 Å². The standard InChI is InChI=1S/C15H22N4O3/c1-18(9-13-16-10-22-17-13)15(21)11-6-7-14(20)19(8-11)12-4-2-3-5-12/h10-12H,2-9H2,1H3. The van der Waals surface area contributed by atoms with Crippen molar-refractivity contribution in [1.82, 2.24) is 19.9 Å². The Morgan fingerprint density at radius 2 is 2.18 bits per heavy atom. The summed E-state index contributed by atoms with van der Waals surface area (Å²) < 4.78 is 4.69. The van der Waals surface area contributed by atoms with E-state index in [1.165, 1.54) is 19.2 Å². The van der Waals surface area contributed by atoms with Crippen LogP contribution >= 0.6 is 0 Å². The Balaban J connectivity index is 1.61. The molecule has 0 N–H and O–H groups in total. The van der Waals surface area contributed by atoms with Crippen molar-refractivity contribution in [3.63, 3.8) is 0 Å². The minimum absolute atomic E-state index is 0.0558. The molecule has 3 rings (SSSR count). The van der Waals surface area contributed by atoms with Gasteiger partial charge in [-0.25, -0.2) is 0 Å². The van der Waals surface area contributed by atoms with E-state index >= 15 is 0 Å². The summed E-state index contributed by atoms with van der Waals surface area (Å²) >= 11 is 0. The summed E-state index contributed by atoms with van der Waals surface area (Å²) in [6.45, 7) is 0.891. The lowest BCUT2D eigenvalue weighted by atomic mass is 9.94. The fraction of sp³-hybridized carbons (Fsp3) is 0.733. The lowest BCUT2D eigenvalue weighted by molar-refractivity contribution is -0.144. The van der Waals surface area contributed by atoms with Crippen molar-refractivity contribution in [3.8, 4) is 0 Å². The molecule has 1 unspecified atom stereocenters. The second kappa shape index (κ2) is 6.46. The van der Waals surface area contributed by atoms with Crippen LogP contribution in [0.25, 0.3) is 0 Å². The highest BCUT2D eigenvalue weighted by Crippen LogP contribution is 2.29. The molecule has 1 aliphatic heterocycles. The number of hydrogen-bond acceptors (Lipinski definition) is 5. The highest BCUT2D eigenvalue weighted by atomic mass is 16.5. The van der Waals surface area contributed by atoms with Gasteiger partial charge in [-0.1, -0.05) is 18.0 Å². The van der Waals surface area contributed by atoms with E-state index in [0.717, 1.165) is 12.8 Å². The van der Waals surface area contributed by atoms with Gasteiger partial charge < -0.3 is 14.3 Å². The first-order valence-corrected chi connectivity index (χ1v) is 7.95. The zero-order valence-corrected chi connectivity index (χ0v) is 12.9. The maximum absolute atomic E-state index is 12.6. The SMILES string of the molecule is CN(Cc1ncon1)C(=O)C1CCC(=O)N(C2CCCC2)C1. The van der Waals surface area contributed by atoms with Gasteiger partial charge in [-0.15, -0.1) is 0 Å².